The van der Waals surface area contributed by atoms with Gasteiger partial charge in [0.15, 0.2) is 0 Å². The molecule has 0 aliphatic carbocycles. The molecule has 130 valence electrons. The predicted molar refractivity (Wildman–Crippen MR) is 108 cm³/mol. The zero-order chi connectivity index (χ0) is 19.1. The van der Waals surface area contributed by atoms with Gasteiger partial charge in [-0.05, 0) is 47.5 Å². The first-order chi connectivity index (χ1) is 11.6. The summed E-state index contributed by atoms with van der Waals surface area (Å²) in [5.41, 5.74) is 4.56. The van der Waals surface area contributed by atoms with Crippen molar-refractivity contribution in [1.82, 2.24) is 4.90 Å². The molecule has 1 aromatic rings. The van der Waals surface area contributed by atoms with Crippen LogP contribution in [-0.2, 0) is 9.59 Å². The molecule has 24 heavy (non-hydrogen) atoms. The minimum absolute atomic E-state index is 0.965. The number of allylic oxidation sites excluding steroid dienone is 4. The Balaban J connectivity index is 0. The average Bonchev–Trinajstić information content (AvgIpc) is 2.65. The predicted octanol–water partition coefficient (Wildman–Crippen LogP) is 5.63. The van der Waals surface area contributed by atoms with Crippen LogP contribution in [0.1, 0.15) is 31.9 Å². The monoisotopic (exact) mass is 391 g/mol. The summed E-state index contributed by atoms with van der Waals surface area (Å²) >= 11 is 3.50. The lowest BCUT2D eigenvalue weighted by atomic mass is 10.1. The molecule has 0 fully saturated rings. The molecular weight excluding hydrogens is 366 g/mol. The molecule has 0 atom stereocenters. The molecule has 0 spiro atoms. The lowest BCUT2D eigenvalue weighted by Gasteiger charge is -2.27. The standard InChI is InChI=1S/C16H16BrN.C2H6.2CH2O/c1-4-16(14-8-5-12(2)6-9-14)18-11-15(17)10-7-13(18)3;3*1-2/h4-11H,3H2,1-2H3;1-2H3;2*1H2/b16-4-;;;. The molecule has 1 heterocycles. The molecule has 0 bridgehead atoms. The van der Waals surface area contributed by atoms with Crippen LogP contribution < -0.4 is 0 Å². The van der Waals surface area contributed by atoms with Gasteiger partial charge in [0.25, 0.3) is 0 Å². The van der Waals surface area contributed by atoms with Crippen molar-refractivity contribution >= 4 is 35.2 Å². The maximum atomic E-state index is 8.00. The molecule has 1 aliphatic rings. The Morgan fingerprint density at radius 3 is 2.00 bits per heavy atom. The van der Waals surface area contributed by atoms with Gasteiger partial charge in [0.2, 0.25) is 0 Å². The minimum Gasteiger partial charge on any atom is -0.316 e. The van der Waals surface area contributed by atoms with Crippen molar-refractivity contribution in [2.24, 2.45) is 0 Å². The number of carbonyl (C=O) groups excluding carboxylic acids is 2. The number of nitrogens with zero attached hydrogens (tertiary/aromatic N) is 1. The van der Waals surface area contributed by atoms with E-state index in [-0.39, 0.29) is 0 Å². The molecule has 0 unspecified atom stereocenters. The molecule has 0 amide bonds. The highest BCUT2D eigenvalue weighted by Gasteiger charge is 2.13. The van der Waals surface area contributed by atoms with Gasteiger partial charge in [-0.25, -0.2) is 0 Å². The van der Waals surface area contributed by atoms with Gasteiger partial charge < -0.3 is 14.5 Å². The maximum absolute atomic E-state index is 8.00. The summed E-state index contributed by atoms with van der Waals surface area (Å²) in [5.74, 6) is 0. The Morgan fingerprint density at radius 2 is 1.54 bits per heavy atom. The van der Waals surface area contributed by atoms with Gasteiger partial charge in [-0.1, -0.05) is 56.3 Å². The highest BCUT2D eigenvalue weighted by Crippen LogP contribution is 2.29. The Morgan fingerprint density at radius 1 is 1.04 bits per heavy atom. The number of hydrogen-bond donors (Lipinski definition) is 0. The van der Waals surface area contributed by atoms with E-state index in [1.54, 1.807) is 0 Å². The number of benzene rings is 1. The minimum atomic E-state index is 0.965. The van der Waals surface area contributed by atoms with Crippen LogP contribution in [0.2, 0.25) is 0 Å². The van der Waals surface area contributed by atoms with Crippen LogP contribution in [0.5, 0.6) is 0 Å². The number of hydrogen-bond acceptors (Lipinski definition) is 3. The quantitative estimate of drug-likeness (QED) is 0.654. The summed E-state index contributed by atoms with van der Waals surface area (Å²) in [7, 11) is 0. The Bertz CT molecular complexity index is 584. The first-order valence-electron chi connectivity index (χ1n) is 7.46. The first kappa shape index (κ1) is 24.1. The highest BCUT2D eigenvalue weighted by molar-refractivity contribution is 9.11. The van der Waals surface area contributed by atoms with Crippen LogP contribution in [-0.4, -0.2) is 18.5 Å². The summed E-state index contributed by atoms with van der Waals surface area (Å²) < 4.78 is 1.04. The third kappa shape index (κ3) is 7.38. The van der Waals surface area contributed by atoms with Crippen molar-refractivity contribution in [1.29, 1.82) is 0 Å². The molecule has 3 nitrogen and oxygen atoms in total. The van der Waals surface area contributed by atoms with E-state index in [0.29, 0.717) is 0 Å². The fraction of sp³-hybridized carbons (Fsp3) is 0.200. The lowest BCUT2D eigenvalue weighted by molar-refractivity contribution is -0.0987. The zero-order valence-electron chi connectivity index (χ0n) is 14.9. The van der Waals surface area contributed by atoms with Crippen molar-refractivity contribution < 1.29 is 9.59 Å². The van der Waals surface area contributed by atoms with Gasteiger partial charge in [0, 0.05) is 22.1 Å². The molecule has 1 aliphatic heterocycles. The third-order valence-electron chi connectivity index (χ3n) is 2.88. The van der Waals surface area contributed by atoms with Gasteiger partial charge in [0.05, 0.1) is 0 Å². The molecule has 1 aromatic carbocycles. The summed E-state index contributed by atoms with van der Waals surface area (Å²) in [5, 5.41) is 0. The van der Waals surface area contributed by atoms with E-state index in [1.807, 2.05) is 52.7 Å². The Labute approximate surface area is 154 Å². The molecule has 0 saturated heterocycles. The van der Waals surface area contributed by atoms with Gasteiger partial charge in [-0.3, -0.25) is 0 Å². The Kier molecular flexibility index (Phi) is 14.4. The first-order valence-corrected chi connectivity index (χ1v) is 8.26. The van der Waals surface area contributed by atoms with E-state index < -0.39 is 0 Å². The van der Waals surface area contributed by atoms with Gasteiger partial charge in [-0.2, -0.15) is 0 Å². The SMILES string of the molecule is C=C1C=CC(Br)=CN1/C(=C\C)c1ccc(C)cc1.C=O.C=O.CC. The van der Waals surface area contributed by atoms with E-state index in [2.05, 4.69) is 64.7 Å². The second-order valence-electron chi connectivity index (χ2n) is 4.25. The van der Waals surface area contributed by atoms with Crippen LogP contribution in [0.15, 0.2) is 65.5 Å². The van der Waals surface area contributed by atoms with Crippen LogP contribution in [0, 0.1) is 6.92 Å². The molecule has 0 aromatic heterocycles. The smallest absolute Gasteiger partial charge is 0.106 e. The summed E-state index contributed by atoms with van der Waals surface area (Å²) in [6, 6.07) is 8.52. The van der Waals surface area contributed by atoms with Crippen LogP contribution in [0.3, 0.4) is 0 Å². The number of rotatable bonds is 2. The van der Waals surface area contributed by atoms with Gasteiger partial charge in [-0.15, -0.1) is 0 Å². The molecule has 0 saturated carbocycles. The number of halogens is 1. The summed E-state index contributed by atoms with van der Waals surface area (Å²) in [6.45, 7) is 16.2. The summed E-state index contributed by atoms with van der Waals surface area (Å²) in [4.78, 5) is 18.1. The van der Waals surface area contributed by atoms with Crippen molar-refractivity contribution in [2.45, 2.75) is 27.7 Å². The van der Waals surface area contributed by atoms with Gasteiger partial charge >= 0.3 is 0 Å². The van der Waals surface area contributed by atoms with E-state index in [9.17, 15) is 0 Å². The van der Waals surface area contributed by atoms with Crippen LogP contribution >= 0.6 is 15.9 Å². The van der Waals surface area contributed by atoms with E-state index in [1.165, 1.54) is 11.1 Å². The third-order valence-corrected chi connectivity index (χ3v) is 3.35. The molecule has 0 radical (unpaired) electrons. The number of aryl methyl sites for hydroxylation is 1. The maximum Gasteiger partial charge on any atom is 0.106 e. The van der Waals surface area contributed by atoms with Crippen molar-refractivity contribution in [3.05, 3.63) is 76.6 Å². The van der Waals surface area contributed by atoms with E-state index >= 15 is 0 Å². The van der Waals surface area contributed by atoms with Gasteiger partial charge in [0.1, 0.15) is 13.6 Å². The van der Waals surface area contributed by atoms with Crippen LogP contribution in [0.25, 0.3) is 5.70 Å². The second-order valence-corrected chi connectivity index (χ2v) is 5.16. The molecule has 2 rings (SSSR count). The molecular formula is C20H26BrNO2. The summed E-state index contributed by atoms with van der Waals surface area (Å²) in [6.07, 6.45) is 8.15. The fourth-order valence-corrected chi connectivity index (χ4v) is 2.24. The van der Waals surface area contributed by atoms with Crippen molar-refractivity contribution in [3.8, 4) is 0 Å². The van der Waals surface area contributed by atoms with Crippen LogP contribution in [0.4, 0.5) is 0 Å². The van der Waals surface area contributed by atoms with E-state index in [0.717, 1.165) is 15.9 Å². The second kappa shape index (κ2) is 14.4. The van der Waals surface area contributed by atoms with E-state index in [4.69, 9.17) is 9.59 Å². The highest BCUT2D eigenvalue weighted by atomic mass is 79.9. The molecule has 4 heteroatoms. The largest absolute Gasteiger partial charge is 0.316 e. The topological polar surface area (TPSA) is 37.4 Å². The lowest BCUT2D eigenvalue weighted by Crippen LogP contribution is -2.15. The number of carbonyl (C=O) groups is 2. The van der Waals surface area contributed by atoms with Crippen molar-refractivity contribution in [3.63, 3.8) is 0 Å². The Hall–Kier alpha value is -2.20. The molecule has 0 N–H and O–H groups in total. The normalized spacial score (nSPS) is 12.5. The average molecular weight is 392 g/mol. The fourth-order valence-electron chi connectivity index (χ4n) is 1.90. The van der Waals surface area contributed by atoms with Crippen molar-refractivity contribution in [2.75, 3.05) is 0 Å². The zero-order valence-corrected chi connectivity index (χ0v) is 16.5.